The lowest BCUT2D eigenvalue weighted by Crippen LogP contribution is -2.40. The first-order valence-corrected chi connectivity index (χ1v) is 16.1. The maximum atomic E-state index is 14.5. The lowest BCUT2D eigenvalue weighted by Gasteiger charge is -2.41. The Bertz CT molecular complexity index is 1600. The molecular weight excluding hydrogens is 583 g/mol. The summed E-state index contributed by atoms with van der Waals surface area (Å²) in [5.41, 5.74) is 4.17. The summed E-state index contributed by atoms with van der Waals surface area (Å²) in [5, 5.41) is 34.2. The number of rotatable bonds is 15. The van der Waals surface area contributed by atoms with E-state index in [0.29, 0.717) is 29.7 Å². The fourth-order valence-corrected chi connectivity index (χ4v) is 6.71. The molecule has 4 rings (SSSR count). The third-order valence-electron chi connectivity index (χ3n) is 8.61. The number of carboxylic acid groups (broad SMARTS) is 1. The van der Waals surface area contributed by atoms with Crippen LogP contribution in [0.5, 0.6) is 0 Å². The van der Waals surface area contributed by atoms with E-state index in [0.717, 1.165) is 28.9 Å². The molecular formula is C38H45FN2O5. The van der Waals surface area contributed by atoms with Crippen molar-refractivity contribution >= 4 is 17.6 Å². The Labute approximate surface area is 270 Å². The third-order valence-corrected chi connectivity index (χ3v) is 8.61. The molecule has 1 unspecified atom stereocenters. The Morgan fingerprint density at radius 2 is 1.48 bits per heavy atom. The first kappa shape index (κ1) is 34.6. The number of benzene rings is 3. The van der Waals surface area contributed by atoms with Crippen LogP contribution in [0.25, 0.3) is 22.4 Å². The van der Waals surface area contributed by atoms with Crippen molar-refractivity contribution in [1.82, 2.24) is 4.57 Å². The van der Waals surface area contributed by atoms with E-state index in [1.54, 1.807) is 12.1 Å². The molecule has 0 aliphatic heterocycles. The van der Waals surface area contributed by atoms with Crippen molar-refractivity contribution in [3.63, 3.8) is 0 Å². The van der Waals surface area contributed by atoms with Gasteiger partial charge in [0.25, 0.3) is 5.91 Å². The maximum Gasteiger partial charge on any atom is 0.305 e. The summed E-state index contributed by atoms with van der Waals surface area (Å²) in [7, 11) is 0. The monoisotopic (exact) mass is 628 g/mol. The molecule has 4 aromatic rings. The molecule has 4 N–H and O–H groups in total. The first-order valence-electron chi connectivity index (χ1n) is 16.1. The van der Waals surface area contributed by atoms with Crippen LogP contribution in [-0.4, -0.2) is 44.0 Å². The van der Waals surface area contributed by atoms with E-state index in [1.165, 1.54) is 12.1 Å². The van der Waals surface area contributed by atoms with Gasteiger partial charge in [-0.25, -0.2) is 4.39 Å². The van der Waals surface area contributed by atoms with Crippen molar-refractivity contribution < 1.29 is 29.3 Å². The molecule has 3 aromatic carbocycles. The van der Waals surface area contributed by atoms with Crippen LogP contribution in [0.3, 0.4) is 0 Å². The van der Waals surface area contributed by atoms with Gasteiger partial charge in [0.1, 0.15) is 5.82 Å². The zero-order chi connectivity index (χ0) is 33.4. The van der Waals surface area contributed by atoms with E-state index in [2.05, 4.69) is 16.8 Å². The number of nitrogens with zero attached hydrogens (tertiary/aromatic N) is 1. The molecule has 0 aliphatic carbocycles. The Kier molecular flexibility index (Phi) is 11.5. The Morgan fingerprint density at radius 3 is 2.02 bits per heavy atom. The Hall–Kier alpha value is -4.27. The van der Waals surface area contributed by atoms with Crippen LogP contribution >= 0.6 is 0 Å². The molecule has 0 saturated heterocycles. The standard InChI is InChI=1S/C38H45FN2O5/c1-5-21-38(6-2,24-31(43)22-30(42)23-32(44)45)41-35(25(3)4)34(37(46)40-29-15-11-8-12-16-29)33(26-13-9-7-10-14-26)36(41)27-17-19-28(39)20-18-27/h7-20,25,30-31,42-43H,5-6,21-24H2,1-4H3,(H,40,46)(H,44,45)/t30-,31+,38?/m1/s1. The molecule has 0 aliphatic rings. The number of nitrogens with one attached hydrogen (secondary N) is 1. The van der Waals surface area contributed by atoms with Crippen LogP contribution in [0.4, 0.5) is 10.1 Å². The second-order valence-corrected chi connectivity index (χ2v) is 12.3. The smallest absolute Gasteiger partial charge is 0.305 e. The van der Waals surface area contributed by atoms with Gasteiger partial charge in [-0.1, -0.05) is 82.6 Å². The largest absolute Gasteiger partial charge is 0.481 e. The van der Waals surface area contributed by atoms with Gasteiger partial charge in [-0.2, -0.15) is 0 Å². The number of carbonyl (C=O) groups is 2. The van der Waals surface area contributed by atoms with E-state index in [-0.39, 0.29) is 30.5 Å². The molecule has 0 bridgehead atoms. The number of carboxylic acids is 1. The zero-order valence-corrected chi connectivity index (χ0v) is 27.0. The van der Waals surface area contributed by atoms with Gasteiger partial charge in [0.2, 0.25) is 0 Å². The van der Waals surface area contributed by atoms with E-state index in [1.807, 2.05) is 81.4 Å². The van der Waals surface area contributed by atoms with Crippen molar-refractivity contribution in [2.45, 2.75) is 89.9 Å². The highest BCUT2D eigenvalue weighted by atomic mass is 19.1. The molecule has 244 valence electrons. The number of halogens is 1. The summed E-state index contributed by atoms with van der Waals surface area (Å²) >= 11 is 0. The summed E-state index contributed by atoms with van der Waals surface area (Å²) in [6.07, 6.45) is -0.626. The summed E-state index contributed by atoms with van der Waals surface area (Å²) in [6.45, 7) is 8.18. The van der Waals surface area contributed by atoms with Gasteiger partial charge in [0.15, 0.2) is 0 Å². The van der Waals surface area contributed by atoms with Crippen molar-refractivity contribution in [1.29, 1.82) is 0 Å². The number of para-hydroxylation sites is 1. The van der Waals surface area contributed by atoms with Crippen molar-refractivity contribution in [2.75, 3.05) is 5.32 Å². The number of aliphatic hydroxyl groups is 2. The molecule has 1 aromatic heterocycles. The number of aliphatic carboxylic acids is 1. The predicted octanol–water partition coefficient (Wildman–Crippen LogP) is 8.22. The van der Waals surface area contributed by atoms with Crippen molar-refractivity contribution in [3.05, 3.63) is 102 Å². The van der Waals surface area contributed by atoms with Crippen LogP contribution in [0.2, 0.25) is 0 Å². The van der Waals surface area contributed by atoms with E-state index < -0.39 is 30.1 Å². The maximum absolute atomic E-state index is 14.5. The number of aliphatic hydroxyl groups excluding tert-OH is 2. The van der Waals surface area contributed by atoms with Gasteiger partial charge in [-0.05, 0) is 79.1 Å². The van der Waals surface area contributed by atoms with E-state index >= 15 is 0 Å². The summed E-state index contributed by atoms with van der Waals surface area (Å²) in [5.74, 6) is -1.95. The van der Waals surface area contributed by atoms with Crippen LogP contribution < -0.4 is 5.32 Å². The van der Waals surface area contributed by atoms with Gasteiger partial charge in [-0.15, -0.1) is 0 Å². The molecule has 8 heteroatoms. The Balaban J connectivity index is 2.09. The highest BCUT2D eigenvalue weighted by molar-refractivity contribution is 6.12. The predicted molar refractivity (Wildman–Crippen MR) is 180 cm³/mol. The molecule has 0 radical (unpaired) electrons. The lowest BCUT2D eigenvalue weighted by atomic mass is 9.81. The molecule has 0 saturated carbocycles. The van der Waals surface area contributed by atoms with Crippen LogP contribution in [-0.2, 0) is 10.3 Å². The summed E-state index contributed by atoms with van der Waals surface area (Å²) in [4.78, 5) is 25.8. The second-order valence-electron chi connectivity index (χ2n) is 12.3. The first-order chi connectivity index (χ1) is 22.0. The summed E-state index contributed by atoms with van der Waals surface area (Å²) < 4.78 is 16.5. The van der Waals surface area contributed by atoms with Gasteiger partial charge in [0.05, 0.1) is 29.9 Å². The van der Waals surface area contributed by atoms with Crippen LogP contribution in [0, 0.1) is 5.82 Å². The molecule has 3 atom stereocenters. The van der Waals surface area contributed by atoms with E-state index in [9.17, 15) is 29.3 Å². The quantitative estimate of drug-likeness (QED) is 0.106. The van der Waals surface area contributed by atoms with Crippen molar-refractivity contribution in [2.24, 2.45) is 0 Å². The molecule has 1 heterocycles. The highest BCUT2D eigenvalue weighted by Gasteiger charge is 2.41. The average Bonchev–Trinajstić information content (AvgIpc) is 3.39. The topological polar surface area (TPSA) is 112 Å². The fourth-order valence-electron chi connectivity index (χ4n) is 6.71. The minimum atomic E-state index is -1.21. The highest BCUT2D eigenvalue weighted by Crippen LogP contribution is 2.48. The van der Waals surface area contributed by atoms with Crippen LogP contribution in [0.15, 0.2) is 84.9 Å². The molecule has 46 heavy (non-hydrogen) atoms. The number of anilines is 1. The number of hydrogen-bond acceptors (Lipinski definition) is 4. The minimum absolute atomic E-state index is 0.102. The van der Waals surface area contributed by atoms with Crippen LogP contribution in [0.1, 0.15) is 88.2 Å². The number of carbonyl (C=O) groups excluding carboxylic acids is 1. The molecule has 0 spiro atoms. The number of hydrogen-bond donors (Lipinski definition) is 4. The molecule has 1 amide bonds. The number of aromatic nitrogens is 1. The Morgan fingerprint density at radius 1 is 0.870 bits per heavy atom. The van der Waals surface area contributed by atoms with Crippen molar-refractivity contribution in [3.8, 4) is 22.4 Å². The summed E-state index contributed by atoms with van der Waals surface area (Å²) in [6, 6.07) is 25.2. The van der Waals surface area contributed by atoms with Gasteiger partial charge >= 0.3 is 5.97 Å². The molecule has 0 fully saturated rings. The lowest BCUT2D eigenvalue weighted by molar-refractivity contribution is -0.139. The normalized spacial score (nSPS) is 14.1. The average molecular weight is 629 g/mol. The van der Waals surface area contributed by atoms with Gasteiger partial charge in [-0.3, -0.25) is 9.59 Å². The second kappa shape index (κ2) is 15.3. The van der Waals surface area contributed by atoms with E-state index in [4.69, 9.17) is 0 Å². The fraction of sp³-hybridized carbons (Fsp3) is 0.368. The number of amides is 1. The van der Waals surface area contributed by atoms with Gasteiger partial charge in [0, 0.05) is 22.5 Å². The molecule has 7 nitrogen and oxygen atoms in total. The zero-order valence-electron chi connectivity index (χ0n) is 27.0. The van der Waals surface area contributed by atoms with Gasteiger partial charge < -0.3 is 25.2 Å². The minimum Gasteiger partial charge on any atom is -0.481 e. The third kappa shape index (κ3) is 7.74. The SMILES string of the molecule is CCCC(CC)(C[C@@H](O)C[C@@H](O)CC(=O)O)n1c(-c2ccc(F)cc2)c(-c2ccccc2)c(C(=O)Nc2ccccc2)c1C(C)C.